The molecule has 0 radical (unpaired) electrons. The van der Waals surface area contributed by atoms with Gasteiger partial charge in [0.15, 0.2) is 0 Å². The number of piperazine rings is 1. The van der Waals surface area contributed by atoms with Gasteiger partial charge in [-0.05, 0) is 31.5 Å². The third kappa shape index (κ3) is 5.85. The summed E-state index contributed by atoms with van der Waals surface area (Å²) in [7, 11) is 0. The molecule has 144 valence electrons. The van der Waals surface area contributed by atoms with Crippen LogP contribution in [0.3, 0.4) is 0 Å². The van der Waals surface area contributed by atoms with Crippen LogP contribution in [0.4, 0.5) is 10.5 Å². The molecule has 3 rings (SSSR count). The third-order valence-corrected chi connectivity index (χ3v) is 5.13. The SMILES string of the molecule is O=C(NCCCCCN1CCOCC1)N1CCN(c2ccncc2)CC1. The topological polar surface area (TPSA) is 60.9 Å². The van der Waals surface area contributed by atoms with Crippen LogP contribution in [-0.4, -0.2) is 86.4 Å². The van der Waals surface area contributed by atoms with Crippen LogP contribution in [0, 0.1) is 0 Å². The predicted octanol–water partition coefficient (Wildman–Crippen LogP) is 1.42. The largest absolute Gasteiger partial charge is 0.379 e. The van der Waals surface area contributed by atoms with Gasteiger partial charge in [0, 0.05) is 63.9 Å². The lowest BCUT2D eigenvalue weighted by atomic mass is 10.2. The van der Waals surface area contributed by atoms with E-state index < -0.39 is 0 Å². The fourth-order valence-corrected chi connectivity index (χ4v) is 3.49. The Kier molecular flexibility index (Phi) is 7.51. The van der Waals surface area contributed by atoms with E-state index in [1.807, 2.05) is 29.4 Å². The average Bonchev–Trinajstić information content (AvgIpc) is 2.72. The van der Waals surface area contributed by atoms with Crippen LogP contribution in [0.15, 0.2) is 24.5 Å². The second-order valence-corrected chi connectivity index (χ2v) is 6.93. The number of hydrogen-bond donors (Lipinski definition) is 1. The molecule has 0 bridgehead atoms. The van der Waals surface area contributed by atoms with Gasteiger partial charge in [-0.1, -0.05) is 6.42 Å². The van der Waals surface area contributed by atoms with Crippen LogP contribution < -0.4 is 10.2 Å². The van der Waals surface area contributed by atoms with Crippen molar-refractivity contribution in [1.82, 2.24) is 20.1 Å². The zero-order chi connectivity index (χ0) is 18.0. The van der Waals surface area contributed by atoms with Crippen LogP contribution in [0.25, 0.3) is 0 Å². The zero-order valence-corrected chi connectivity index (χ0v) is 15.6. The standard InChI is InChI=1S/C19H31N5O2/c25-19(21-6-2-1-3-9-22-14-16-26-17-15-22)24-12-10-23(11-13-24)18-4-7-20-8-5-18/h4-5,7-8H,1-3,6,9-17H2,(H,21,25). The summed E-state index contributed by atoms with van der Waals surface area (Å²) in [5.74, 6) is 0. The Morgan fingerprint density at radius 3 is 2.46 bits per heavy atom. The molecule has 0 atom stereocenters. The fourth-order valence-electron chi connectivity index (χ4n) is 3.49. The summed E-state index contributed by atoms with van der Waals surface area (Å²) in [5.41, 5.74) is 1.18. The van der Waals surface area contributed by atoms with Crippen molar-refractivity contribution in [2.24, 2.45) is 0 Å². The lowest BCUT2D eigenvalue weighted by molar-refractivity contribution is 0.0371. The van der Waals surface area contributed by atoms with E-state index in [-0.39, 0.29) is 6.03 Å². The summed E-state index contributed by atoms with van der Waals surface area (Å²) >= 11 is 0. The molecule has 1 aromatic rings. The maximum absolute atomic E-state index is 12.3. The van der Waals surface area contributed by atoms with E-state index in [4.69, 9.17) is 4.74 Å². The van der Waals surface area contributed by atoms with Crippen molar-refractivity contribution in [3.05, 3.63) is 24.5 Å². The molecular weight excluding hydrogens is 330 g/mol. The molecule has 2 aliphatic rings. The summed E-state index contributed by atoms with van der Waals surface area (Å²) in [5, 5.41) is 3.07. The molecule has 3 heterocycles. The minimum Gasteiger partial charge on any atom is -0.379 e. The maximum Gasteiger partial charge on any atom is 0.317 e. The van der Waals surface area contributed by atoms with Gasteiger partial charge in [0.25, 0.3) is 0 Å². The molecule has 0 aromatic carbocycles. The predicted molar refractivity (Wildman–Crippen MR) is 103 cm³/mol. The molecule has 2 saturated heterocycles. The number of unbranched alkanes of at least 4 members (excludes halogenated alkanes) is 2. The molecule has 0 saturated carbocycles. The Morgan fingerprint density at radius 2 is 1.73 bits per heavy atom. The fraction of sp³-hybridized carbons (Fsp3) is 0.684. The molecule has 0 unspecified atom stereocenters. The Hall–Kier alpha value is -1.86. The van der Waals surface area contributed by atoms with Crippen LogP contribution in [0.1, 0.15) is 19.3 Å². The number of carbonyl (C=O) groups is 1. The summed E-state index contributed by atoms with van der Waals surface area (Å²) in [6.07, 6.45) is 7.03. The van der Waals surface area contributed by atoms with Gasteiger partial charge in [-0.2, -0.15) is 0 Å². The first-order valence-electron chi connectivity index (χ1n) is 9.81. The maximum atomic E-state index is 12.3. The number of nitrogens with zero attached hydrogens (tertiary/aromatic N) is 4. The van der Waals surface area contributed by atoms with E-state index >= 15 is 0 Å². The third-order valence-electron chi connectivity index (χ3n) is 5.13. The Morgan fingerprint density at radius 1 is 1.00 bits per heavy atom. The number of anilines is 1. The van der Waals surface area contributed by atoms with Gasteiger partial charge in [0.2, 0.25) is 0 Å². The van der Waals surface area contributed by atoms with Crippen molar-refractivity contribution in [1.29, 1.82) is 0 Å². The number of ether oxygens (including phenoxy) is 1. The van der Waals surface area contributed by atoms with Crippen molar-refractivity contribution in [3.63, 3.8) is 0 Å². The highest BCUT2D eigenvalue weighted by atomic mass is 16.5. The van der Waals surface area contributed by atoms with Crippen LogP contribution in [0.5, 0.6) is 0 Å². The van der Waals surface area contributed by atoms with Gasteiger partial charge in [-0.25, -0.2) is 4.79 Å². The van der Waals surface area contributed by atoms with Crippen molar-refractivity contribution < 1.29 is 9.53 Å². The molecule has 0 aliphatic carbocycles. The average molecular weight is 361 g/mol. The van der Waals surface area contributed by atoms with Crippen molar-refractivity contribution in [2.75, 3.05) is 70.5 Å². The molecule has 1 aromatic heterocycles. The minimum absolute atomic E-state index is 0.0764. The number of hydrogen-bond acceptors (Lipinski definition) is 5. The molecular formula is C19H31N5O2. The summed E-state index contributed by atoms with van der Waals surface area (Å²) in [4.78, 5) is 23.0. The summed E-state index contributed by atoms with van der Waals surface area (Å²) in [6, 6.07) is 4.12. The van der Waals surface area contributed by atoms with E-state index in [1.165, 1.54) is 12.1 Å². The number of urea groups is 1. The number of pyridine rings is 1. The van der Waals surface area contributed by atoms with Gasteiger partial charge in [-0.15, -0.1) is 0 Å². The first kappa shape index (κ1) is 18.9. The molecule has 7 nitrogen and oxygen atoms in total. The van der Waals surface area contributed by atoms with Gasteiger partial charge in [0.1, 0.15) is 0 Å². The van der Waals surface area contributed by atoms with E-state index in [1.54, 1.807) is 0 Å². The molecule has 2 aliphatic heterocycles. The second kappa shape index (κ2) is 10.3. The van der Waals surface area contributed by atoms with Crippen LogP contribution in [-0.2, 0) is 4.74 Å². The first-order chi connectivity index (χ1) is 12.8. The molecule has 0 spiro atoms. The minimum atomic E-state index is 0.0764. The van der Waals surface area contributed by atoms with E-state index in [2.05, 4.69) is 20.1 Å². The van der Waals surface area contributed by atoms with Crippen LogP contribution >= 0.6 is 0 Å². The molecule has 2 amide bonds. The van der Waals surface area contributed by atoms with E-state index in [0.717, 1.165) is 78.4 Å². The van der Waals surface area contributed by atoms with E-state index in [0.29, 0.717) is 0 Å². The normalized spacial score (nSPS) is 18.8. The molecule has 2 fully saturated rings. The smallest absolute Gasteiger partial charge is 0.317 e. The van der Waals surface area contributed by atoms with Crippen molar-refractivity contribution in [2.45, 2.75) is 19.3 Å². The Labute approximate surface area is 156 Å². The zero-order valence-electron chi connectivity index (χ0n) is 15.6. The lowest BCUT2D eigenvalue weighted by Crippen LogP contribution is -2.52. The van der Waals surface area contributed by atoms with Crippen molar-refractivity contribution in [3.8, 4) is 0 Å². The van der Waals surface area contributed by atoms with Crippen LogP contribution in [0.2, 0.25) is 0 Å². The number of nitrogens with one attached hydrogen (secondary N) is 1. The number of amides is 2. The monoisotopic (exact) mass is 361 g/mol. The highest BCUT2D eigenvalue weighted by Crippen LogP contribution is 2.14. The van der Waals surface area contributed by atoms with Gasteiger partial charge >= 0.3 is 6.03 Å². The van der Waals surface area contributed by atoms with Gasteiger partial charge in [0.05, 0.1) is 13.2 Å². The molecule has 1 N–H and O–H groups in total. The van der Waals surface area contributed by atoms with E-state index in [9.17, 15) is 4.79 Å². The number of carbonyl (C=O) groups excluding carboxylic acids is 1. The number of aromatic nitrogens is 1. The number of rotatable bonds is 7. The Balaban J connectivity index is 1.24. The van der Waals surface area contributed by atoms with Gasteiger partial charge in [-0.3, -0.25) is 9.88 Å². The first-order valence-corrected chi connectivity index (χ1v) is 9.81. The summed E-state index contributed by atoms with van der Waals surface area (Å²) in [6.45, 7) is 9.05. The Bertz CT molecular complexity index is 528. The highest BCUT2D eigenvalue weighted by molar-refractivity contribution is 5.74. The second-order valence-electron chi connectivity index (χ2n) is 6.93. The quantitative estimate of drug-likeness (QED) is 0.744. The van der Waals surface area contributed by atoms with Crippen molar-refractivity contribution >= 4 is 11.7 Å². The highest BCUT2D eigenvalue weighted by Gasteiger charge is 2.20. The number of morpholine rings is 1. The molecule has 7 heteroatoms. The van der Waals surface area contributed by atoms with Gasteiger partial charge < -0.3 is 19.9 Å². The lowest BCUT2D eigenvalue weighted by Gasteiger charge is -2.36. The molecule has 26 heavy (non-hydrogen) atoms. The summed E-state index contributed by atoms with van der Waals surface area (Å²) < 4.78 is 5.36.